The number of benzene rings is 2. The minimum Gasteiger partial charge on any atom is -0.494 e. The van der Waals surface area contributed by atoms with Gasteiger partial charge in [-0.25, -0.2) is 0 Å². The number of H-pyrrole nitrogens is 1. The van der Waals surface area contributed by atoms with Crippen LogP contribution in [-0.2, 0) is 0 Å². The molecule has 0 unspecified atom stereocenters. The first-order chi connectivity index (χ1) is 9.81. The van der Waals surface area contributed by atoms with Crippen LogP contribution in [0, 0.1) is 0 Å². The van der Waals surface area contributed by atoms with Gasteiger partial charge in [0, 0.05) is 21.7 Å². The predicted molar refractivity (Wildman–Crippen MR) is 78.2 cm³/mol. The van der Waals surface area contributed by atoms with Gasteiger partial charge in [-0.1, -0.05) is 30.3 Å². The van der Waals surface area contributed by atoms with Gasteiger partial charge < -0.3 is 10.1 Å². The number of nitrogens with one attached hydrogen (secondary N) is 1. The van der Waals surface area contributed by atoms with Crippen molar-refractivity contribution < 1.29 is 5.11 Å². The molecule has 2 aromatic carbocycles. The summed E-state index contributed by atoms with van der Waals surface area (Å²) in [5.41, 5.74) is 2.57. The van der Waals surface area contributed by atoms with E-state index in [-0.39, 0.29) is 5.88 Å². The molecule has 1 aromatic heterocycles. The maximum absolute atomic E-state index is 10.1. The van der Waals surface area contributed by atoms with Crippen LogP contribution in [0.2, 0.25) is 0 Å². The normalized spacial score (nSPS) is 13.7. The molecule has 1 aliphatic heterocycles. The summed E-state index contributed by atoms with van der Waals surface area (Å²) in [6, 6.07) is 13.8. The van der Waals surface area contributed by atoms with E-state index in [0.717, 1.165) is 32.6 Å². The fraction of sp³-hybridized carbons (Fsp3) is 0. The summed E-state index contributed by atoms with van der Waals surface area (Å²) in [4.78, 5) is 2.98. The van der Waals surface area contributed by atoms with Crippen molar-refractivity contribution in [1.82, 2.24) is 4.98 Å². The molecule has 0 fully saturated rings. The summed E-state index contributed by atoms with van der Waals surface area (Å²) >= 11 is 0. The van der Waals surface area contributed by atoms with E-state index >= 15 is 0 Å². The van der Waals surface area contributed by atoms with Gasteiger partial charge in [-0.15, -0.1) is 0 Å². The van der Waals surface area contributed by atoms with Gasteiger partial charge in [-0.2, -0.15) is 10.2 Å². The Balaban J connectivity index is 1.97. The van der Waals surface area contributed by atoms with E-state index in [1.807, 2.05) is 48.5 Å². The van der Waals surface area contributed by atoms with Crippen LogP contribution in [0.3, 0.4) is 0 Å². The Hall–Kier alpha value is -2.88. The molecule has 0 bridgehead atoms. The molecular formula is C16H11N3O. The lowest BCUT2D eigenvalue weighted by Gasteiger charge is -1.94. The number of aromatic amines is 1. The Bertz CT molecular complexity index is 967. The lowest BCUT2D eigenvalue weighted by atomic mass is 10.1. The SMILES string of the molecule is Oc1[nH]c2ccccc2c1/C=c1/ccc2c(c1)N=NC=2. The first kappa shape index (κ1) is 11.0. The maximum Gasteiger partial charge on any atom is 0.196 e. The van der Waals surface area contributed by atoms with Crippen molar-refractivity contribution in [2.75, 3.05) is 0 Å². The summed E-state index contributed by atoms with van der Waals surface area (Å²) in [7, 11) is 0. The fourth-order valence-electron chi connectivity index (χ4n) is 2.46. The Morgan fingerprint density at radius 2 is 2.00 bits per heavy atom. The van der Waals surface area contributed by atoms with Crippen molar-refractivity contribution in [2.45, 2.75) is 0 Å². The Kier molecular flexibility index (Phi) is 2.23. The number of hydrogen-bond donors (Lipinski definition) is 2. The van der Waals surface area contributed by atoms with Crippen molar-refractivity contribution >= 4 is 28.9 Å². The predicted octanol–water partition coefficient (Wildman–Crippen LogP) is 2.54. The largest absolute Gasteiger partial charge is 0.494 e. The van der Waals surface area contributed by atoms with E-state index in [1.165, 1.54) is 0 Å². The van der Waals surface area contributed by atoms with Crippen LogP contribution in [0.1, 0.15) is 5.56 Å². The van der Waals surface area contributed by atoms with E-state index in [9.17, 15) is 5.11 Å². The highest BCUT2D eigenvalue weighted by Crippen LogP contribution is 2.27. The van der Waals surface area contributed by atoms with Crippen molar-refractivity contribution in [1.29, 1.82) is 0 Å². The molecule has 4 nitrogen and oxygen atoms in total. The summed E-state index contributed by atoms with van der Waals surface area (Å²) in [6.07, 6.45) is 3.69. The fourth-order valence-corrected chi connectivity index (χ4v) is 2.46. The highest BCUT2D eigenvalue weighted by molar-refractivity contribution is 5.91. The number of aromatic hydroxyl groups is 1. The van der Waals surface area contributed by atoms with E-state index in [0.29, 0.717) is 0 Å². The van der Waals surface area contributed by atoms with Gasteiger partial charge in [-0.05, 0) is 23.4 Å². The van der Waals surface area contributed by atoms with E-state index in [2.05, 4.69) is 15.2 Å². The zero-order chi connectivity index (χ0) is 13.5. The second-order valence-electron chi connectivity index (χ2n) is 4.74. The van der Waals surface area contributed by atoms with Gasteiger partial charge in [-0.3, -0.25) is 0 Å². The van der Waals surface area contributed by atoms with Crippen molar-refractivity contribution in [3.63, 3.8) is 0 Å². The van der Waals surface area contributed by atoms with Gasteiger partial charge in [0.05, 0.1) is 11.9 Å². The molecule has 0 radical (unpaired) electrons. The number of aromatic nitrogens is 1. The van der Waals surface area contributed by atoms with E-state index in [1.54, 1.807) is 6.20 Å². The van der Waals surface area contributed by atoms with Crippen LogP contribution in [0.25, 0.3) is 23.2 Å². The number of azo groups is 1. The topological polar surface area (TPSA) is 60.7 Å². The van der Waals surface area contributed by atoms with Crippen LogP contribution in [-0.4, -0.2) is 10.1 Å². The first-order valence-corrected chi connectivity index (χ1v) is 6.34. The monoisotopic (exact) mass is 261 g/mol. The Morgan fingerprint density at radius 1 is 1.10 bits per heavy atom. The number of para-hydroxylation sites is 1. The number of hydrogen-bond acceptors (Lipinski definition) is 3. The molecule has 1 aliphatic rings. The second kappa shape index (κ2) is 4.06. The quantitative estimate of drug-likeness (QED) is 0.694. The Morgan fingerprint density at radius 3 is 2.95 bits per heavy atom. The molecule has 96 valence electrons. The number of nitrogens with zero attached hydrogens (tertiary/aromatic N) is 2. The molecule has 0 amide bonds. The first-order valence-electron chi connectivity index (χ1n) is 6.34. The van der Waals surface area contributed by atoms with Crippen molar-refractivity contribution in [3.05, 3.63) is 58.5 Å². The molecule has 0 saturated heterocycles. The average molecular weight is 261 g/mol. The standard InChI is InChI=1S/C16H11N3O/c20-16-13(12-3-1-2-4-14(12)18-16)7-10-5-6-11-9-17-19-15(11)8-10/h1-9,18,20H/b10-7-. The molecule has 0 spiro atoms. The number of rotatable bonds is 1. The molecule has 2 heterocycles. The van der Waals surface area contributed by atoms with Crippen molar-refractivity contribution in [3.8, 4) is 5.88 Å². The smallest absolute Gasteiger partial charge is 0.196 e. The van der Waals surface area contributed by atoms with E-state index in [4.69, 9.17) is 0 Å². The minimum absolute atomic E-state index is 0.180. The van der Waals surface area contributed by atoms with Crippen LogP contribution in [0.15, 0.2) is 52.7 Å². The Labute approximate surface area is 114 Å². The second-order valence-corrected chi connectivity index (χ2v) is 4.74. The highest BCUT2D eigenvalue weighted by Gasteiger charge is 2.07. The van der Waals surface area contributed by atoms with Crippen LogP contribution < -0.4 is 10.4 Å². The van der Waals surface area contributed by atoms with Crippen LogP contribution in [0.5, 0.6) is 5.88 Å². The molecule has 3 aromatic rings. The van der Waals surface area contributed by atoms with Crippen molar-refractivity contribution in [2.24, 2.45) is 10.2 Å². The average Bonchev–Trinajstić information content (AvgIpc) is 3.04. The molecule has 0 aliphatic carbocycles. The molecule has 20 heavy (non-hydrogen) atoms. The summed E-state index contributed by atoms with van der Waals surface area (Å²) < 4.78 is 0. The van der Waals surface area contributed by atoms with Gasteiger partial charge in [0.1, 0.15) is 0 Å². The zero-order valence-electron chi connectivity index (χ0n) is 10.5. The highest BCUT2D eigenvalue weighted by atomic mass is 16.3. The van der Waals surface area contributed by atoms with Gasteiger partial charge in [0.2, 0.25) is 0 Å². The minimum atomic E-state index is 0.180. The molecule has 0 saturated carbocycles. The van der Waals surface area contributed by atoms with Crippen LogP contribution >= 0.6 is 0 Å². The summed E-state index contributed by atoms with van der Waals surface area (Å²) in [5, 5.41) is 21.0. The molecular weight excluding hydrogens is 250 g/mol. The third-order valence-corrected chi connectivity index (χ3v) is 3.45. The van der Waals surface area contributed by atoms with Crippen LogP contribution in [0.4, 0.5) is 5.69 Å². The van der Waals surface area contributed by atoms with Gasteiger partial charge in [0.15, 0.2) is 5.88 Å². The molecule has 4 rings (SSSR count). The molecule has 2 N–H and O–H groups in total. The third kappa shape index (κ3) is 1.62. The lowest BCUT2D eigenvalue weighted by Crippen LogP contribution is -2.06. The van der Waals surface area contributed by atoms with Gasteiger partial charge >= 0.3 is 0 Å². The number of fused-ring (bicyclic) bond motifs is 2. The third-order valence-electron chi connectivity index (χ3n) is 3.45. The van der Waals surface area contributed by atoms with Gasteiger partial charge in [0.25, 0.3) is 0 Å². The summed E-state index contributed by atoms with van der Waals surface area (Å²) in [6.45, 7) is 0. The summed E-state index contributed by atoms with van der Waals surface area (Å²) in [5.74, 6) is 0.180. The molecule has 4 heteroatoms. The maximum atomic E-state index is 10.1. The zero-order valence-corrected chi connectivity index (χ0v) is 10.5. The van der Waals surface area contributed by atoms with E-state index < -0.39 is 0 Å². The molecule has 0 atom stereocenters. The lowest BCUT2D eigenvalue weighted by molar-refractivity contribution is 0.457.